The Balaban J connectivity index is 2.28. The number of hydrogen-bond acceptors (Lipinski definition) is 1. The van der Waals surface area contributed by atoms with E-state index in [9.17, 15) is 5.11 Å². The van der Waals surface area contributed by atoms with Crippen molar-refractivity contribution in [3.05, 3.63) is 70.2 Å². The Morgan fingerprint density at radius 1 is 1.00 bits per heavy atom. The molecule has 0 radical (unpaired) electrons. The average molecular weight is 291 g/mol. The highest BCUT2D eigenvalue weighted by Gasteiger charge is 2.25. The van der Waals surface area contributed by atoms with Crippen molar-refractivity contribution in [2.75, 3.05) is 0 Å². The van der Waals surface area contributed by atoms with Gasteiger partial charge in [0.1, 0.15) is 0 Å². The molecule has 17 heavy (non-hydrogen) atoms. The van der Waals surface area contributed by atoms with Gasteiger partial charge in [0.05, 0.1) is 5.60 Å². The van der Waals surface area contributed by atoms with Crippen LogP contribution >= 0.6 is 15.9 Å². The normalized spacial score (nSPS) is 14.3. The van der Waals surface area contributed by atoms with Crippen LogP contribution in [0.3, 0.4) is 0 Å². The highest BCUT2D eigenvalue weighted by Crippen LogP contribution is 2.30. The molecule has 0 aromatic heterocycles. The molecule has 2 aromatic carbocycles. The fourth-order valence-electron chi connectivity index (χ4n) is 1.99. The first-order valence-corrected chi connectivity index (χ1v) is 6.40. The Morgan fingerprint density at radius 3 is 2.24 bits per heavy atom. The predicted molar refractivity (Wildman–Crippen MR) is 73.9 cm³/mol. The molecule has 0 spiro atoms. The molecule has 2 heteroatoms. The molecule has 0 aliphatic heterocycles. The van der Waals surface area contributed by atoms with Crippen LogP contribution in [0.5, 0.6) is 0 Å². The van der Waals surface area contributed by atoms with Gasteiger partial charge in [-0.1, -0.05) is 64.5 Å². The molecular weight excluding hydrogens is 276 g/mol. The molecule has 0 saturated heterocycles. The summed E-state index contributed by atoms with van der Waals surface area (Å²) < 4.78 is 0.945. The number of hydrogen-bond donors (Lipinski definition) is 1. The van der Waals surface area contributed by atoms with E-state index in [4.69, 9.17) is 0 Å². The number of halogens is 1. The third kappa shape index (κ3) is 2.96. The molecule has 2 rings (SSSR count). The molecule has 88 valence electrons. The Kier molecular flexibility index (Phi) is 3.65. The first-order valence-electron chi connectivity index (χ1n) is 5.61. The van der Waals surface area contributed by atoms with Crippen molar-refractivity contribution in [1.29, 1.82) is 0 Å². The molecule has 0 bridgehead atoms. The van der Waals surface area contributed by atoms with Gasteiger partial charge in [-0.25, -0.2) is 0 Å². The topological polar surface area (TPSA) is 20.2 Å². The van der Waals surface area contributed by atoms with E-state index in [2.05, 4.69) is 15.9 Å². The number of rotatable bonds is 3. The molecule has 1 N–H and O–H groups in total. The van der Waals surface area contributed by atoms with Gasteiger partial charge in [0.2, 0.25) is 0 Å². The van der Waals surface area contributed by atoms with Gasteiger partial charge < -0.3 is 5.11 Å². The fraction of sp³-hybridized carbons (Fsp3) is 0.200. The monoisotopic (exact) mass is 290 g/mol. The summed E-state index contributed by atoms with van der Waals surface area (Å²) in [4.78, 5) is 0. The second kappa shape index (κ2) is 5.03. The Bertz CT molecular complexity index is 491. The minimum absolute atomic E-state index is 0.608. The number of benzene rings is 2. The van der Waals surface area contributed by atoms with Crippen LogP contribution in [0.25, 0.3) is 0 Å². The van der Waals surface area contributed by atoms with E-state index in [1.54, 1.807) is 0 Å². The van der Waals surface area contributed by atoms with Crippen LogP contribution in [0.4, 0.5) is 0 Å². The summed E-state index contributed by atoms with van der Waals surface area (Å²) in [6.45, 7) is 1.85. The minimum atomic E-state index is -0.860. The Labute approximate surface area is 110 Å². The lowest BCUT2D eigenvalue weighted by atomic mass is 9.89. The van der Waals surface area contributed by atoms with Gasteiger partial charge in [-0.2, -0.15) is 0 Å². The number of aliphatic hydroxyl groups is 1. The Hall–Kier alpha value is -1.12. The highest BCUT2D eigenvalue weighted by molar-refractivity contribution is 9.10. The summed E-state index contributed by atoms with van der Waals surface area (Å²) in [6, 6.07) is 17.8. The third-order valence-corrected chi connectivity index (χ3v) is 3.54. The SMILES string of the molecule is C[C@@](O)(Cc1ccccc1)c1ccccc1Br. The second-order valence-corrected chi connectivity index (χ2v) is 5.27. The van der Waals surface area contributed by atoms with Crippen LogP contribution in [0.2, 0.25) is 0 Å². The van der Waals surface area contributed by atoms with Gasteiger partial charge in [0.25, 0.3) is 0 Å². The zero-order chi connectivity index (χ0) is 12.3. The van der Waals surface area contributed by atoms with Crippen molar-refractivity contribution >= 4 is 15.9 Å². The lowest BCUT2D eigenvalue weighted by molar-refractivity contribution is 0.0569. The molecule has 0 amide bonds. The first-order chi connectivity index (χ1) is 8.09. The van der Waals surface area contributed by atoms with Gasteiger partial charge in [0, 0.05) is 10.9 Å². The molecule has 0 heterocycles. The van der Waals surface area contributed by atoms with Crippen LogP contribution < -0.4 is 0 Å². The summed E-state index contributed by atoms with van der Waals surface area (Å²) in [7, 11) is 0. The summed E-state index contributed by atoms with van der Waals surface area (Å²) >= 11 is 3.49. The van der Waals surface area contributed by atoms with Gasteiger partial charge in [0.15, 0.2) is 0 Å². The molecule has 1 atom stereocenters. The minimum Gasteiger partial charge on any atom is -0.385 e. The summed E-state index contributed by atoms with van der Waals surface area (Å²) in [5.74, 6) is 0. The maximum atomic E-state index is 10.6. The zero-order valence-corrected chi connectivity index (χ0v) is 11.3. The van der Waals surface area contributed by atoms with E-state index in [1.807, 2.05) is 61.5 Å². The van der Waals surface area contributed by atoms with E-state index in [-0.39, 0.29) is 0 Å². The second-order valence-electron chi connectivity index (χ2n) is 4.42. The van der Waals surface area contributed by atoms with Crippen molar-refractivity contribution in [2.45, 2.75) is 18.9 Å². The van der Waals surface area contributed by atoms with Crippen LogP contribution in [-0.2, 0) is 12.0 Å². The van der Waals surface area contributed by atoms with E-state index in [0.29, 0.717) is 6.42 Å². The fourth-order valence-corrected chi connectivity index (χ4v) is 2.70. The largest absolute Gasteiger partial charge is 0.385 e. The van der Waals surface area contributed by atoms with Gasteiger partial charge >= 0.3 is 0 Å². The van der Waals surface area contributed by atoms with Crippen molar-refractivity contribution < 1.29 is 5.11 Å². The third-order valence-electron chi connectivity index (χ3n) is 2.85. The Morgan fingerprint density at radius 2 is 1.59 bits per heavy atom. The molecule has 0 aliphatic carbocycles. The van der Waals surface area contributed by atoms with Crippen LogP contribution in [0, 0.1) is 0 Å². The van der Waals surface area contributed by atoms with Crippen molar-refractivity contribution in [2.24, 2.45) is 0 Å². The molecule has 1 nitrogen and oxygen atoms in total. The van der Waals surface area contributed by atoms with Crippen molar-refractivity contribution in [3.8, 4) is 0 Å². The maximum absolute atomic E-state index is 10.6. The first kappa shape index (κ1) is 12.3. The molecule has 0 fully saturated rings. The van der Waals surface area contributed by atoms with Gasteiger partial charge in [-0.05, 0) is 24.1 Å². The summed E-state index contributed by atoms with van der Waals surface area (Å²) in [5, 5.41) is 10.6. The summed E-state index contributed by atoms with van der Waals surface area (Å²) in [6.07, 6.45) is 0.608. The summed E-state index contributed by atoms with van der Waals surface area (Å²) in [5.41, 5.74) is 1.19. The van der Waals surface area contributed by atoms with E-state index < -0.39 is 5.60 Å². The molecule has 0 saturated carbocycles. The van der Waals surface area contributed by atoms with Crippen LogP contribution in [0.15, 0.2) is 59.1 Å². The molecule has 2 aromatic rings. The van der Waals surface area contributed by atoms with E-state index in [0.717, 1.165) is 15.6 Å². The van der Waals surface area contributed by atoms with Crippen molar-refractivity contribution in [3.63, 3.8) is 0 Å². The molecular formula is C15H15BrO. The van der Waals surface area contributed by atoms with Crippen molar-refractivity contribution in [1.82, 2.24) is 0 Å². The van der Waals surface area contributed by atoms with E-state index >= 15 is 0 Å². The lowest BCUT2D eigenvalue weighted by Gasteiger charge is -2.25. The quantitative estimate of drug-likeness (QED) is 0.909. The smallest absolute Gasteiger partial charge is 0.0919 e. The van der Waals surface area contributed by atoms with Gasteiger partial charge in [-0.15, -0.1) is 0 Å². The highest BCUT2D eigenvalue weighted by atomic mass is 79.9. The predicted octanol–water partition coefficient (Wildman–Crippen LogP) is 3.90. The zero-order valence-electron chi connectivity index (χ0n) is 9.73. The van der Waals surface area contributed by atoms with Crippen LogP contribution in [-0.4, -0.2) is 5.11 Å². The van der Waals surface area contributed by atoms with Crippen LogP contribution in [0.1, 0.15) is 18.1 Å². The van der Waals surface area contributed by atoms with E-state index in [1.165, 1.54) is 0 Å². The molecule has 0 unspecified atom stereocenters. The standard InChI is InChI=1S/C15H15BrO/c1-15(17,11-12-7-3-2-4-8-12)13-9-5-6-10-14(13)16/h2-10,17H,11H2,1H3/t15-/m1/s1. The van der Waals surface area contributed by atoms with Gasteiger partial charge in [-0.3, -0.25) is 0 Å². The average Bonchev–Trinajstić information content (AvgIpc) is 2.30. The molecule has 0 aliphatic rings. The maximum Gasteiger partial charge on any atom is 0.0919 e. The lowest BCUT2D eigenvalue weighted by Crippen LogP contribution is -2.24.